The molecule has 2 rings (SSSR count). The van der Waals surface area contributed by atoms with Gasteiger partial charge in [-0.3, -0.25) is 9.48 Å². The van der Waals surface area contributed by atoms with E-state index in [-0.39, 0.29) is 18.1 Å². The Hall–Kier alpha value is -1.40. The molecular weight excluding hydrogens is 232 g/mol. The number of aryl methyl sites for hydroxylation is 1. The van der Waals surface area contributed by atoms with Gasteiger partial charge in [0.05, 0.1) is 12.3 Å². The van der Waals surface area contributed by atoms with Gasteiger partial charge >= 0.3 is 0 Å². The molecule has 2 unspecified atom stereocenters. The van der Waals surface area contributed by atoms with E-state index in [2.05, 4.69) is 10.4 Å². The first-order valence-corrected chi connectivity index (χ1v) is 6.30. The molecule has 2 atom stereocenters. The fourth-order valence-electron chi connectivity index (χ4n) is 2.12. The summed E-state index contributed by atoms with van der Waals surface area (Å²) in [4.78, 5) is 11.8. The second-order valence-corrected chi connectivity index (χ2v) is 4.62. The van der Waals surface area contributed by atoms with Gasteiger partial charge in [-0.05, 0) is 24.8 Å². The Bertz CT molecular complexity index is 405. The highest BCUT2D eigenvalue weighted by molar-refractivity contribution is 5.81. The van der Waals surface area contributed by atoms with Crippen molar-refractivity contribution >= 4 is 5.91 Å². The molecule has 1 aliphatic heterocycles. The quantitative estimate of drug-likeness (QED) is 0.746. The highest BCUT2D eigenvalue weighted by Gasteiger charge is 2.29. The molecular formula is C12H20N4O2. The monoisotopic (exact) mass is 252 g/mol. The number of carbonyl (C=O) groups is 1. The standard InChI is InChI=1S/C12H20N4O2/c1-16-8-9(7-15-16)4-5-14-12(17)11-3-2-10(6-13)18-11/h7-8,10-11H,2-6,13H2,1H3,(H,14,17). The normalized spacial score (nSPS) is 23.2. The minimum absolute atomic E-state index is 0.0326. The Kier molecular flexibility index (Phi) is 4.33. The molecule has 0 bridgehead atoms. The summed E-state index contributed by atoms with van der Waals surface area (Å²) in [6.45, 7) is 1.09. The predicted molar refractivity (Wildman–Crippen MR) is 66.9 cm³/mol. The van der Waals surface area contributed by atoms with Gasteiger partial charge in [0.25, 0.3) is 0 Å². The van der Waals surface area contributed by atoms with Gasteiger partial charge in [0, 0.05) is 26.3 Å². The van der Waals surface area contributed by atoms with Crippen molar-refractivity contribution in [1.82, 2.24) is 15.1 Å². The fourth-order valence-corrected chi connectivity index (χ4v) is 2.12. The minimum Gasteiger partial charge on any atom is -0.364 e. The molecule has 2 heterocycles. The zero-order valence-corrected chi connectivity index (χ0v) is 10.6. The van der Waals surface area contributed by atoms with E-state index < -0.39 is 0 Å². The number of nitrogens with zero attached hydrogens (tertiary/aromatic N) is 2. The van der Waals surface area contributed by atoms with Gasteiger partial charge in [0.15, 0.2) is 0 Å². The van der Waals surface area contributed by atoms with E-state index in [4.69, 9.17) is 10.5 Å². The Morgan fingerprint density at radius 2 is 2.50 bits per heavy atom. The van der Waals surface area contributed by atoms with Crippen LogP contribution in [0.15, 0.2) is 12.4 Å². The van der Waals surface area contributed by atoms with Crippen molar-refractivity contribution in [2.75, 3.05) is 13.1 Å². The Morgan fingerprint density at radius 1 is 1.67 bits per heavy atom. The van der Waals surface area contributed by atoms with Crippen molar-refractivity contribution < 1.29 is 9.53 Å². The number of nitrogens with two attached hydrogens (primary N) is 1. The highest BCUT2D eigenvalue weighted by Crippen LogP contribution is 2.18. The number of hydrogen-bond donors (Lipinski definition) is 2. The molecule has 1 amide bonds. The Morgan fingerprint density at radius 3 is 3.11 bits per heavy atom. The van der Waals surface area contributed by atoms with Crippen LogP contribution in [0.5, 0.6) is 0 Å². The first-order chi connectivity index (χ1) is 8.69. The topological polar surface area (TPSA) is 82.2 Å². The van der Waals surface area contributed by atoms with Crippen LogP contribution in [-0.2, 0) is 23.0 Å². The molecule has 0 aliphatic carbocycles. The van der Waals surface area contributed by atoms with Crippen molar-refractivity contribution in [3.63, 3.8) is 0 Å². The number of hydrogen-bond acceptors (Lipinski definition) is 4. The average Bonchev–Trinajstić information content (AvgIpc) is 2.98. The molecule has 0 spiro atoms. The van der Waals surface area contributed by atoms with Crippen LogP contribution in [-0.4, -0.2) is 41.0 Å². The van der Waals surface area contributed by atoms with Gasteiger partial charge < -0.3 is 15.8 Å². The van der Waals surface area contributed by atoms with E-state index in [1.165, 1.54) is 0 Å². The fraction of sp³-hybridized carbons (Fsp3) is 0.667. The van der Waals surface area contributed by atoms with Gasteiger partial charge in [-0.25, -0.2) is 0 Å². The van der Waals surface area contributed by atoms with E-state index in [1.54, 1.807) is 4.68 Å². The summed E-state index contributed by atoms with van der Waals surface area (Å²) in [5, 5.41) is 6.96. The molecule has 1 aromatic rings. The van der Waals surface area contributed by atoms with Gasteiger partial charge in [0.1, 0.15) is 6.10 Å². The van der Waals surface area contributed by atoms with E-state index in [9.17, 15) is 4.79 Å². The number of carbonyl (C=O) groups excluding carboxylic acids is 1. The average molecular weight is 252 g/mol. The van der Waals surface area contributed by atoms with Crippen LogP contribution in [0, 0.1) is 0 Å². The summed E-state index contributed by atoms with van der Waals surface area (Å²) in [5.74, 6) is -0.0326. The molecule has 0 saturated carbocycles. The second kappa shape index (κ2) is 5.97. The van der Waals surface area contributed by atoms with Crippen molar-refractivity contribution in [2.24, 2.45) is 12.8 Å². The van der Waals surface area contributed by atoms with Crippen molar-refractivity contribution in [1.29, 1.82) is 0 Å². The number of nitrogens with one attached hydrogen (secondary N) is 1. The van der Waals surface area contributed by atoms with Crippen LogP contribution < -0.4 is 11.1 Å². The first kappa shape index (κ1) is 13.0. The molecule has 1 aromatic heterocycles. The molecule has 0 radical (unpaired) electrons. The van der Waals surface area contributed by atoms with Crippen molar-refractivity contribution in [3.8, 4) is 0 Å². The van der Waals surface area contributed by atoms with Crippen LogP contribution >= 0.6 is 0 Å². The van der Waals surface area contributed by atoms with Crippen LogP contribution in [0.1, 0.15) is 18.4 Å². The molecule has 18 heavy (non-hydrogen) atoms. The number of aromatic nitrogens is 2. The summed E-state index contributed by atoms with van der Waals surface area (Å²) in [7, 11) is 1.88. The summed E-state index contributed by atoms with van der Waals surface area (Å²) in [5.41, 5.74) is 6.62. The smallest absolute Gasteiger partial charge is 0.249 e. The van der Waals surface area contributed by atoms with E-state index in [0.29, 0.717) is 13.1 Å². The zero-order chi connectivity index (χ0) is 13.0. The van der Waals surface area contributed by atoms with E-state index in [0.717, 1.165) is 24.8 Å². The van der Waals surface area contributed by atoms with Gasteiger partial charge in [0.2, 0.25) is 5.91 Å². The molecule has 1 fully saturated rings. The van der Waals surface area contributed by atoms with Gasteiger partial charge in [-0.1, -0.05) is 0 Å². The molecule has 6 heteroatoms. The van der Waals surface area contributed by atoms with E-state index >= 15 is 0 Å². The molecule has 3 N–H and O–H groups in total. The summed E-state index contributed by atoms with van der Waals surface area (Å²) in [6, 6.07) is 0. The lowest BCUT2D eigenvalue weighted by Gasteiger charge is -2.12. The molecule has 1 aliphatic rings. The zero-order valence-electron chi connectivity index (χ0n) is 10.6. The molecule has 0 aromatic carbocycles. The summed E-state index contributed by atoms with van der Waals surface area (Å²) in [6.07, 6.45) is 5.89. The maximum Gasteiger partial charge on any atom is 0.249 e. The Labute approximate surface area is 106 Å². The van der Waals surface area contributed by atoms with Crippen LogP contribution in [0.4, 0.5) is 0 Å². The SMILES string of the molecule is Cn1cc(CCNC(=O)C2CCC(CN)O2)cn1. The maximum absolute atomic E-state index is 11.8. The minimum atomic E-state index is -0.326. The predicted octanol–water partition coefficient (Wildman–Crippen LogP) is -0.415. The number of ether oxygens (including phenoxy) is 1. The lowest BCUT2D eigenvalue weighted by atomic mass is 10.2. The van der Waals surface area contributed by atoms with E-state index in [1.807, 2.05) is 19.4 Å². The first-order valence-electron chi connectivity index (χ1n) is 6.30. The number of rotatable bonds is 5. The third-order valence-electron chi connectivity index (χ3n) is 3.13. The maximum atomic E-state index is 11.8. The third kappa shape index (κ3) is 3.30. The number of amides is 1. The molecule has 100 valence electrons. The second-order valence-electron chi connectivity index (χ2n) is 4.62. The third-order valence-corrected chi connectivity index (χ3v) is 3.13. The van der Waals surface area contributed by atoms with Crippen molar-refractivity contribution in [3.05, 3.63) is 18.0 Å². The van der Waals surface area contributed by atoms with Crippen LogP contribution in [0.25, 0.3) is 0 Å². The van der Waals surface area contributed by atoms with Gasteiger partial charge in [-0.15, -0.1) is 0 Å². The lowest BCUT2D eigenvalue weighted by Crippen LogP contribution is -2.36. The lowest BCUT2D eigenvalue weighted by molar-refractivity contribution is -0.131. The summed E-state index contributed by atoms with van der Waals surface area (Å²) < 4.78 is 7.28. The van der Waals surface area contributed by atoms with Crippen molar-refractivity contribution in [2.45, 2.75) is 31.5 Å². The molecule has 6 nitrogen and oxygen atoms in total. The highest BCUT2D eigenvalue weighted by atomic mass is 16.5. The largest absolute Gasteiger partial charge is 0.364 e. The van der Waals surface area contributed by atoms with Crippen LogP contribution in [0.3, 0.4) is 0 Å². The Balaban J connectivity index is 1.69. The van der Waals surface area contributed by atoms with Crippen LogP contribution in [0.2, 0.25) is 0 Å². The molecule has 1 saturated heterocycles. The van der Waals surface area contributed by atoms with Gasteiger partial charge in [-0.2, -0.15) is 5.10 Å². The summed E-state index contributed by atoms with van der Waals surface area (Å²) >= 11 is 0.